The number of pyridine rings is 2. The Morgan fingerprint density at radius 1 is 0.471 bits per heavy atom. The van der Waals surface area contributed by atoms with Gasteiger partial charge in [-0.3, -0.25) is 0 Å². The van der Waals surface area contributed by atoms with E-state index in [9.17, 15) is 0 Å². The van der Waals surface area contributed by atoms with Crippen LogP contribution in [0.2, 0.25) is 0 Å². The summed E-state index contributed by atoms with van der Waals surface area (Å²) in [5, 5.41) is 5.02. The smallest absolute Gasteiger partial charge is 0.0730 e. The van der Waals surface area contributed by atoms with Gasteiger partial charge in [0.15, 0.2) is 0 Å². The van der Waals surface area contributed by atoms with Gasteiger partial charge in [-0.2, -0.15) is 0 Å². The molecule has 5 heteroatoms. The van der Waals surface area contributed by atoms with Gasteiger partial charge in [0.1, 0.15) is 0 Å². The van der Waals surface area contributed by atoms with Crippen LogP contribution in [0.3, 0.4) is 0 Å². The molecule has 51 heavy (non-hydrogen) atoms. The minimum atomic E-state index is 0. The van der Waals surface area contributed by atoms with Crippen molar-refractivity contribution in [3.8, 4) is 50.6 Å². The summed E-state index contributed by atoms with van der Waals surface area (Å²) < 4.78 is 5.01. The fourth-order valence-corrected chi connectivity index (χ4v) is 8.29. The summed E-state index contributed by atoms with van der Waals surface area (Å²) >= 11 is 1.85. The molecular formula is C46H28IrN3S-. The molecule has 10 aromatic rings. The molecule has 0 bridgehead atoms. The summed E-state index contributed by atoms with van der Waals surface area (Å²) in [6.45, 7) is 0. The van der Waals surface area contributed by atoms with Crippen LogP contribution in [0.5, 0.6) is 0 Å². The second-order valence-corrected chi connectivity index (χ2v) is 13.6. The van der Waals surface area contributed by atoms with Crippen molar-refractivity contribution in [1.29, 1.82) is 0 Å². The van der Waals surface area contributed by atoms with Crippen LogP contribution in [0.1, 0.15) is 0 Å². The molecule has 0 atom stereocenters. The van der Waals surface area contributed by atoms with E-state index in [4.69, 9.17) is 4.98 Å². The molecule has 0 aliphatic carbocycles. The maximum atomic E-state index is 5.19. The van der Waals surface area contributed by atoms with Gasteiger partial charge in [-0.1, -0.05) is 97.1 Å². The predicted molar refractivity (Wildman–Crippen MR) is 210 cm³/mol. The third-order valence-electron chi connectivity index (χ3n) is 9.55. The largest absolute Gasteiger partial charge is 0.309 e. The Bertz CT molecular complexity index is 2800. The summed E-state index contributed by atoms with van der Waals surface area (Å²) in [7, 11) is 0. The average Bonchev–Trinajstić information content (AvgIpc) is 3.72. The summed E-state index contributed by atoms with van der Waals surface area (Å²) in [5.74, 6) is 0. The Labute approximate surface area is 312 Å². The van der Waals surface area contributed by atoms with Crippen LogP contribution in [0.15, 0.2) is 170 Å². The van der Waals surface area contributed by atoms with Crippen LogP contribution >= 0.6 is 11.3 Å². The van der Waals surface area contributed by atoms with E-state index in [1.54, 1.807) is 0 Å². The molecule has 0 amide bonds. The fraction of sp³-hybridized carbons (Fsp3) is 0. The number of rotatable bonds is 5. The monoisotopic (exact) mass is 847 g/mol. The molecular weight excluding hydrogens is 819 g/mol. The maximum absolute atomic E-state index is 5.19. The van der Waals surface area contributed by atoms with Gasteiger partial charge >= 0.3 is 0 Å². The normalized spacial score (nSPS) is 11.4. The first kappa shape index (κ1) is 31.3. The van der Waals surface area contributed by atoms with Crippen molar-refractivity contribution in [3.05, 3.63) is 176 Å². The molecule has 1 radical (unpaired) electrons. The van der Waals surface area contributed by atoms with E-state index in [-0.39, 0.29) is 20.1 Å². The first-order valence-electron chi connectivity index (χ1n) is 16.7. The Balaban J connectivity index is 0.00000348. The SMILES string of the molecule is [Ir].[c-]1ccc(-c2ccc3c(c2)c2cc4c(cc2n3-c2cc(-c3ccccc3)nc(-c3ccccc3)c2)sc2ccccc24)cc1-c1ccccn1. The minimum absolute atomic E-state index is 0. The van der Waals surface area contributed by atoms with E-state index in [2.05, 4.69) is 155 Å². The van der Waals surface area contributed by atoms with Gasteiger partial charge in [0, 0.05) is 68.4 Å². The predicted octanol–water partition coefficient (Wildman–Crippen LogP) is 12.4. The van der Waals surface area contributed by atoms with Crippen molar-refractivity contribution in [2.75, 3.05) is 0 Å². The molecule has 0 fully saturated rings. The van der Waals surface area contributed by atoms with Crippen LogP contribution in [0, 0.1) is 6.07 Å². The van der Waals surface area contributed by atoms with E-state index >= 15 is 0 Å². The molecule has 10 rings (SSSR count). The van der Waals surface area contributed by atoms with E-state index in [0.29, 0.717) is 0 Å². The molecule has 0 spiro atoms. The molecule has 243 valence electrons. The molecule has 3 nitrogen and oxygen atoms in total. The van der Waals surface area contributed by atoms with E-state index in [1.165, 1.54) is 36.5 Å². The first-order valence-corrected chi connectivity index (χ1v) is 17.5. The van der Waals surface area contributed by atoms with E-state index < -0.39 is 0 Å². The summed E-state index contributed by atoms with van der Waals surface area (Å²) in [4.78, 5) is 9.77. The van der Waals surface area contributed by atoms with Gasteiger partial charge in [-0.05, 0) is 59.8 Å². The molecule has 4 heterocycles. The maximum Gasteiger partial charge on any atom is 0.0730 e. The van der Waals surface area contributed by atoms with Crippen molar-refractivity contribution in [2.45, 2.75) is 0 Å². The van der Waals surface area contributed by atoms with Crippen molar-refractivity contribution >= 4 is 53.3 Å². The molecule has 0 unspecified atom stereocenters. The number of fused-ring (bicyclic) bond motifs is 6. The fourth-order valence-electron chi connectivity index (χ4n) is 7.17. The third-order valence-corrected chi connectivity index (χ3v) is 10.7. The van der Waals surface area contributed by atoms with Gasteiger partial charge in [0.25, 0.3) is 0 Å². The summed E-state index contributed by atoms with van der Waals surface area (Å²) in [5.41, 5.74) is 11.7. The summed E-state index contributed by atoms with van der Waals surface area (Å²) in [6, 6.07) is 61.5. The molecule has 0 aliphatic heterocycles. The molecule has 0 saturated carbocycles. The topological polar surface area (TPSA) is 30.7 Å². The standard InChI is InChI=1S/C46H28N3S.Ir/c1-3-12-30(13-4-1)41-26-35(27-42(48-41)31-14-5-2-6-15-31)49-43-22-21-33(32-16-11-17-34(24-32)40-19-9-10-23-47-40)25-37(43)38-28-39-36-18-7-8-20-45(36)50-46(39)29-44(38)49;/h1-16,18-29H;/q-1;. The minimum Gasteiger partial charge on any atom is -0.309 e. The quantitative estimate of drug-likeness (QED) is 0.162. The molecule has 6 aromatic carbocycles. The van der Waals surface area contributed by atoms with Gasteiger partial charge in [0.05, 0.1) is 28.1 Å². The Morgan fingerprint density at radius 3 is 1.90 bits per heavy atom. The zero-order valence-corrected chi connectivity index (χ0v) is 30.5. The molecule has 0 N–H and O–H groups in total. The van der Waals surface area contributed by atoms with E-state index in [0.717, 1.165) is 56.1 Å². The zero-order valence-electron chi connectivity index (χ0n) is 27.2. The van der Waals surface area contributed by atoms with Crippen LogP contribution in [-0.2, 0) is 20.1 Å². The van der Waals surface area contributed by atoms with Gasteiger partial charge in [0.2, 0.25) is 0 Å². The Morgan fingerprint density at radius 2 is 1.16 bits per heavy atom. The van der Waals surface area contributed by atoms with Crippen molar-refractivity contribution in [3.63, 3.8) is 0 Å². The van der Waals surface area contributed by atoms with Crippen molar-refractivity contribution < 1.29 is 20.1 Å². The number of aromatic nitrogens is 3. The van der Waals surface area contributed by atoms with Crippen molar-refractivity contribution in [1.82, 2.24) is 14.5 Å². The second kappa shape index (κ2) is 12.9. The first-order chi connectivity index (χ1) is 24.8. The number of benzene rings is 6. The molecule has 4 aromatic heterocycles. The Hall–Kier alpha value is -5.71. The van der Waals surface area contributed by atoms with Gasteiger partial charge < -0.3 is 9.55 Å². The van der Waals surface area contributed by atoms with Gasteiger partial charge in [-0.25, -0.2) is 4.98 Å². The van der Waals surface area contributed by atoms with Gasteiger partial charge in [-0.15, -0.1) is 46.7 Å². The van der Waals surface area contributed by atoms with E-state index in [1.807, 2.05) is 41.8 Å². The third kappa shape index (κ3) is 5.47. The molecule has 0 aliphatic rings. The van der Waals surface area contributed by atoms with Crippen molar-refractivity contribution in [2.24, 2.45) is 0 Å². The van der Waals surface area contributed by atoms with Crippen LogP contribution < -0.4 is 0 Å². The average molecular weight is 847 g/mol. The Kier molecular flexibility index (Phi) is 7.90. The van der Waals surface area contributed by atoms with Crippen LogP contribution in [0.25, 0.3) is 92.6 Å². The number of hydrogen-bond donors (Lipinski definition) is 0. The summed E-state index contributed by atoms with van der Waals surface area (Å²) in [6.07, 6.45) is 1.83. The second-order valence-electron chi connectivity index (χ2n) is 12.6. The van der Waals surface area contributed by atoms with Crippen LogP contribution in [-0.4, -0.2) is 14.5 Å². The number of hydrogen-bond acceptors (Lipinski definition) is 3. The number of thiophene rings is 1. The van der Waals surface area contributed by atoms with Crippen LogP contribution in [0.4, 0.5) is 0 Å². The zero-order chi connectivity index (χ0) is 33.0. The number of nitrogens with zero attached hydrogens (tertiary/aromatic N) is 3. The molecule has 0 saturated heterocycles.